The Bertz CT molecular complexity index is 1300. The smallest absolute Gasteiger partial charge is 0.335 e. The maximum absolute atomic E-state index is 13.3. The molecule has 1 N–H and O–H groups in total. The van der Waals surface area contributed by atoms with Crippen molar-refractivity contribution >= 4 is 40.7 Å². The highest BCUT2D eigenvalue weighted by Gasteiger charge is 2.43. The SMILES string of the molecule is CN1C2=C(C(=O)CCC2)C(c2cc(Cl)cc(Cl)c2OCc2ccc(C(=O)O)cc2)C2=C1CCCC2=O. The molecule has 5 rings (SSSR count). The van der Waals surface area contributed by atoms with Crippen LogP contribution in [0.4, 0.5) is 0 Å². The number of aromatic carboxylic acids is 1. The maximum Gasteiger partial charge on any atom is 0.335 e. The summed E-state index contributed by atoms with van der Waals surface area (Å²) in [5.41, 5.74) is 4.71. The molecule has 0 atom stereocenters. The Balaban J connectivity index is 1.62. The van der Waals surface area contributed by atoms with Crippen molar-refractivity contribution in [1.82, 2.24) is 4.90 Å². The number of allylic oxidation sites excluding steroid dienone is 4. The van der Waals surface area contributed by atoms with Gasteiger partial charge in [-0.05, 0) is 55.5 Å². The van der Waals surface area contributed by atoms with Crippen LogP contribution in [0.3, 0.4) is 0 Å². The Morgan fingerprint density at radius 3 is 2.11 bits per heavy atom. The Kier molecular flexibility index (Phi) is 6.66. The van der Waals surface area contributed by atoms with E-state index >= 15 is 0 Å². The van der Waals surface area contributed by atoms with Crippen molar-refractivity contribution in [1.29, 1.82) is 0 Å². The lowest BCUT2D eigenvalue weighted by Crippen LogP contribution is -2.37. The van der Waals surface area contributed by atoms with Crippen LogP contribution in [0.5, 0.6) is 5.75 Å². The van der Waals surface area contributed by atoms with Crippen molar-refractivity contribution < 1.29 is 24.2 Å². The van der Waals surface area contributed by atoms with E-state index in [9.17, 15) is 14.4 Å². The molecule has 36 heavy (non-hydrogen) atoms. The molecule has 2 aliphatic carbocycles. The van der Waals surface area contributed by atoms with Gasteiger partial charge in [0, 0.05) is 58.9 Å². The Morgan fingerprint density at radius 2 is 1.56 bits per heavy atom. The van der Waals surface area contributed by atoms with Crippen LogP contribution in [0.2, 0.25) is 10.0 Å². The number of carbonyl (C=O) groups excluding carboxylic acids is 2. The summed E-state index contributed by atoms with van der Waals surface area (Å²) >= 11 is 13.1. The van der Waals surface area contributed by atoms with Crippen LogP contribution in [-0.2, 0) is 16.2 Å². The summed E-state index contributed by atoms with van der Waals surface area (Å²) in [6, 6.07) is 9.71. The molecule has 0 fully saturated rings. The first-order valence-corrected chi connectivity index (χ1v) is 12.7. The third-order valence-corrected chi connectivity index (χ3v) is 7.68. The number of ketones is 2. The van der Waals surface area contributed by atoms with Gasteiger partial charge in [-0.25, -0.2) is 4.79 Å². The van der Waals surface area contributed by atoms with E-state index in [1.807, 2.05) is 11.9 Å². The molecule has 3 aliphatic rings. The molecule has 0 amide bonds. The number of carboxylic acids is 1. The Morgan fingerprint density at radius 1 is 0.972 bits per heavy atom. The minimum absolute atomic E-state index is 0.0318. The van der Waals surface area contributed by atoms with Gasteiger partial charge in [0.2, 0.25) is 0 Å². The number of Topliss-reactive ketones (excluding diaryl/α,β-unsaturated/α-hetero) is 2. The van der Waals surface area contributed by atoms with Crippen molar-refractivity contribution in [2.75, 3.05) is 7.05 Å². The molecule has 186 valence electrons. The summed E-state index contributed by atoms with van der Waals surface area (Å²) in [6.45, 7) is 0.126. The first-order valence-electron chi connectivity index (χ1n) is 12.0. The van der Waals surface area contributed by atoms with Gasteiger partial charge < -0.3 is 14.7 Å². The normalized spacial score (nSPS) is 18.4. The van der Waals surface area contributed by atoms with Gasteiger partial charge in [-0.1, -0.05) is 35.3 Å². The topological polar surface area (TPSA) is 83.9 Å². The monoisotopic (exact) mass is 525 g/mol. The van der Waals surface area contributed by atoms with E-state index in [2.05, 4.69) is 0 Å². The van der Waals surface area contributed by atoms with Gasteiger partial charge in [0.15, 0.2) is 11.6 Å². The third-order valence-electron chi connectivity index (χ3n) is 7.18. The maximum atomic E-state index is 13.3. The summed E-state index contributed by atoms with van der Waals surface area (Å²) in [6.07, 6.45) is 3.94. The van der Waals surface area contributed by atoms with Gasteiger partial charge in [-0.2, -0.15) is 0 Å². The zero-order valence-corrected chi connectivity index (χ0v) is 21.3. The second-order valence-corrected chi connectivity index (χ2v) is 10.2. The van der Waals surface area contributed by atoms with Gasteiger partial charge >= 0.3 is 5.97 Å². The van der Waals surface area contributed by atoms with Crippen molar-refractivity contribution in [3.8, 4) is 5.75 Å². The van der Waals surface area contributed by atoms with Gasteiger partial charge in [0.05, 0.1) is 10.6 Å². The predicted molar refractivity (Wildman–Crippen MR) is 136 cm³/mol. The van der Waals surface area contributed by atoms with E-state index in [0.717, 1.165) is 42.6 Å². The molecular weight excluding hydrogens is 501 g/mol. The highest BCUT2D eigenvalue weighted by molar-refractivity contribution is 6.35. The quantitative estimate of drug-likeness (QED) is 0.492. The first kappa shape index (κ1) is 24.6. The summed E-state index contributed by atoms with van der Waals surface area (Å²) in [7, 11) is 1.95. The van der Waals surface area contributed by atoms with E-state index in [1.165, 1.54) is 12.1 Å². The second-order valence-electron chi connectivity index (χ2n) is 9.36. The molecule has 0 spiro atoms. The second kappa shape index (κ2) is 9.75. The van der Waals surface area contributed by atoms with Crippen molar-refractivity contribution in [2.24, 2.45) is 0 Å². The minimum Gasteiger partial charge on any atom is -0.487 e. The summed E-state index contributed by atoms with van der Waals surface area (Å²) in [5.74, 6) is -1.16. The fourth-order valence-corrected chi connectivity index (χ4v) is 6.07. The summed E-state index contributed by atoms with van der Waals surface area (Å²) in [5, 5.41) is 9.83. The summed E-state index contributed by atoms with van der Waals surface area (Å²) < 4.78 is 6.20. The van der Waals surface area contributed by atoms with Crippen LogP contribution in [0, 0.1) is 0 Å². The molecule has 1 heterocycles. The number of carbonyl (C=O) groups is 3. The summed E-state index contributed by atoms with van der Waals surface area (Å²) in [4.78, 5) is 39.8. The van der Waals surface area contributed by atoms with Crippen LogP contribution < -0.4 is 4.74 Å². The fourth-order valence-electron chi connectivity index (χ4n) is 5.51. The predicted octanol–water partition coefficient (Wildman–Crippen LogP) is 6.31. The molecule has 0 aromatic heterocycles. The van der Waals surface area contributed by atoms with Gasteiger partial charge in [-0.15, -0.1) is 0 Å². The zero-order valence-electron chi connectivity index (χ0n) is 19.8. The minimum atomic E-state index is -1.00. The van der Waals surface area contributed by atoms with E-state index < -0.39 is 11.9 Å². The lowest BCUT2D eigenvalue weighted by atomic mass is 9.71. The largest absolute Gasteiger partial charge is 0.487 e. The highest BCUT2D eigenvalue weighted by Crippen LogP contribution is 2.52. The number of rotatable bonds is 5. The number of halogens is 2. The molecule has 0 bridgehead atoms. The standard InChI is InChI=1S/C28H25Cl2NO5/c1-31-20-4-2-6-22(32)25(20)24(26-21(31)5-3-7-23(26)33)18-12-17(29)13-19(30)27(18)36-14-15-8-10-16(11-9-15)28(34)35/h8-13,24H,2-7,14H2,1H3,(H,34,35). The Hall–Kier alpha value is -3.09. The molecule has 0 saturated heterocycles. The van der Waals surface area contributed by atoms with Gasteiger partial charge in [0.25, 0.3) is 0 Å². The molecule has 2 aromatic carbocycles. The van der Waals surface area contributed by atoms with Gasteiger partial charge in [-0.3, -0.25) is 9.59 Å². The number of nitrogens with zero attached hydrogens (tertiary/aromatic N) is 1. The van der Waals surface area contributed by atoms with E-state index in [4.69, 9.17) is 33.0 Å². The van der Waals surface area contributed by atoms with Crippen molar-refractivity contribution in [2.45, 2.75) is 51.0 Å². The molecule has 2 aromatic rings. The van der Waals surface area contributed by atoms with E-state index in [1.54, 1.807) is 24.3 Å². The highest BCUT2D eigenvalue weighted by atomic mass is 35.5. The Labute approximate surface area is 219 Å². The average molecular weight is 526 g/mol. The van der Waals surface area contributed by atoms with Crippen LogP contribution in [0.1, 0.15) is 65.9 Å². The van der Waals surface area contributed by atoms with Crippen molar-refractivity contribution in [3.63, 3.8) is 0 Å². The third kappa shape index (κ3) is 4.33. The van der Waals surface area contributed by atoms with Crippen LogP contribution in [0.25, 0.3) is 0 Å². The molecule has 8 heteroatoms. The van der Waals surface area contributed by atoms with E-state index in [-0.39, 0.29) is 28.8 Å². The van der Waals surface area contributed by atoms with Crippen LogP contribution in [0.15, 0.2) is 58.9 Å². The molecule has 0 unspecified atom stereocenters. The average Bonchev–Trinajstić information content (AvgIpc) is 2.84. The van der Waals surface area contributed by atoms with E-state index in [0.29, 0.717) is 40.3 Å². The van der Waals surface area contributed by atoms with Crippen LogP contribution in [-0.4, -0.2) is 34.6 Å². The molecule has 1 aliphatic heterocycles. The fraction of sp³-hybridized carbons (Fsp3) is 0.321. The molecule has 0 saturated carbocycles. The number of benzene rings is 2. The lowest BCUT2D eigenvalue weighted by Gasteiger charge is -2.42. The number of hydrogen-bond donors (Lipinski definition) is 1. The molecule has 0 radical (unpaired) electrons. The number of hydrogen-bond acceptors (Lipinski definition) is 5. The molecular formula is C28H25Cl2NO5. The first-order chi connectivity index (χ1) is 17.3. The van der Waals surface area contributed by atoms with Crippen LogP contribution >= 0.6 is 23.2 Å². The lowest BCUT2D eigenvalue weighted by molar-refractivity contribution is -0.117. The van der Waals surface area contributed by atoms with Gasteiger partial charge in [0.1, 0.15) is 12.4 Å². The molecule has 6 nitrogen and oxygen atoms in total. The number of carboxylic acid groups (broad SMARTS) is 1. The zero-order chi connectivity index (χ0) is 25.6. The van der Waals surface area contributed by atoms with Crippen molar-refractivity contribution in [3.05, 3.63) is 85.7 Å². The number of ether oxygens (including phenoxy) is 1.